The molecule has 1 atom stereocenters. The topological polar surface area (TPSA) is 86.9 Å². The third-order valence-electron chi connectivity index (χ3n) is 2.46. The number of H-pyrrole nitrogens is 1. The Labute approximate surface area is 119 Å². The number of amides is 1. The van der Waals surface area contributed by atoms with E-state index in [1.54, 1.807) is 0 Å². The van der Waals surface area contributed by atoms with Crippen molar-refractivity contribution < 1.29 is 4.79 Å². The lowest BCUT2D eigenvalue weighted by atomic mass is 10.2. The molecule has 18 heavy (non-hydrogen) atoms. The van der Waals surface area contributed by atoms with Crippen molar-refractivity contribution in [1.82, 2.24) is 15.3 Å². The zero-order valence-corrected chi connectivity index (χ0v) is 12.6. The van der Waals surface area contributed by atoms with Gasteiger partial charge in [-0.05, 0) is 35.9 Å². The predicted octanol–water partition coefficient (Wildman–Crippen LogP) is 1.09. The maximum absolute atomic E-state index is 11.5. The van der Waals surface area contributed by atoms with Gasteiger partial charge in [-0.15, -0.1) is 0 Å². The van der Waals surface area contributed by atoms with Crippen molar-refractivity contribution >= 4 is 34.3 Å². The second kappa shape index (κ2) is 7.34. The number of carbonyl (C=O) groups is 1. The van der Waals surface area contributed by atoms with Crippen LogP contribution in [0.4, 0.5) is 5.82 Å². The first-order valence-corrected chi connectivity index (χ1v) is 6.88. The molecule has 6 nitrogen and oxygen atoms in total. The lowest BCUT2D eigenvalue weighted by Crippen LogP contribution is -2.33. The fourth-order valence-electron chi connectivity index (χ4n) is 1.25. The highest BCUT2D eigenvalue weighted by Gasteiger charge is 2.07. The fraction of sp³-hybridized carbons (Fsp3) is 0.545. The summed E-state index contributed by atoms with van der Waals surface area (Å²) in [6.07, 6.45) is 2.60. The van der Waals surface area contributed by atoms with Crippen LogP contribution in [0.1, 0.15) is 26.7 Å². The van der Waals surface area contributed by atoms with E-state index in [0.717, 1.165) is 6.42 Å². The molecule has 0 saturated carbocycles. The Hall–Kier alpha value is -1.12. The molecule has 0 aliphatic heterocycles. The van der Waals surface area contributed by atoms with Crippen LogP contribution in [0.3, 0.4) is 0 Å². The quantitative estimate of drug-likeness (QED) is 0.660. The lowest BCUT2D eigenvalue weighted by molar-refractivity contribution is -0.121. The molecule has 3 N–H and O–H groups in total. The maximum Gasteiger partial charge on any atom is 0.266 e. The van der Waals surface area contributed by atoms with E-state index < -0.39 is 0 Å². The van der Waals surface area contributed by atoms with Gasteiger partial charge in [-0.1, -0.05) is 6.92 Å². The highest BCUT2D eigenvalue weighted by Crippen LogP contribution is 2.08. The molecule has 100 valence electrons. The Balaban J connectivity index is 2.40. The van der Waals surface area contributed by atoms with Crippen molar-refractivity contribution in [1.29, 1.82) is 0 Å². The van der Waals surface area contributed by atoms with Crippen molar-refractivity contribution in [2.45, 2.75) is 32.7 Å². The summed E-state index contributed by atoms with van der Waals surface area (Å²) in [7, 11) is 0. The molecule has 0 aliphatic rings. The van der Waals surface area contributed by atoms with Crippen LogP contribution in [0.2, 0.25) is 0 Å². The standard InChI is InChI=1S/C11H17IN4O2/c1-3-7(2)16-8(17)4-5-13-10-9(12)11(18)15-6-14-10/h6-7H,3-5H2,1-2H3,(H,16,17)(H2,13,14,15,18). The highest BCUT2D eigenvalue weighted by atomic mass is 127. The van der Waals surface area contributed by atoms with E-state index in [-0.39, 0.29) is 17.5 Å². The van der Waals surface area contributed by atoms with Gasteiger partial charge >= 0.3 is 0 Å². The first-order chi connectivity index (χ1) is 8.54. The number of hydrogen-bond acceptors (Lipinski definition) is 4. The molecule has 0 radical (unpaired) electrons. The average Bonchev–Trinajstić information content (AvgIpc) is 2.34. The summed E-state index contributed by atoms with van der Waals surface area (Å²) in [5, 5.41) is 5.85. The summed E-state index contributed by atoms with van der Waals surface area (Å²) in [6.45, 7) is 4.44. The number of nitrogens with one attached hydrogen (secondary N) is 3. The molecule has 1 heterocycles. The lowest BCUT2D eigenvalue weighted by Gasteiger charge is -2.11. The molecule has 1 aromatic heterocycles. The van der Waals surface area contributed by atoms with Crippen molar-refractivity contribution in [3.05, 3.63) is 20.3 Å². The SMILES string of the molecule is CCC(C)NC(=O)CCNc1nc[nH]c(=O)c1I. The van der Waals surface area contributed by atoms with Gasteiger partial charge in [0.1, 0.15) is 9.39 Å². The van der Waals surface area contributed by atoms with E-state index in [2.05, 4.69) is 20.6 Å². The van der Waals surface area contributed by atoms with Crippen LogP contribution in [-0.4, -0.2) is 28.5 Å². The number of aromatic amines is 1. The molecule has 1 aromatic rings. The van der Waals surface area contributed by atoms with E-state index in [1.807, 2.05) is 36.4 Å². The van der Waals surface area contributed by atoms with Crippen LogP contribution in [0, 0.1) is 3.57 Å². The molecule has 0 bridgehead atoms. The van der Waals surface area contributed by atoms with E-state index in [0.29, 0.717) is 22.4 Å². The summed E-state index contributed by atoms with van der Waals surface area (Å²) in [4.78, 5) is 29.3. The normalized spacial score (nSPS) is 11.9. The summed E-state index contributed by atoms with van der Waals surface area (Å²) in [6, 6.07) is 0.190. The molecule has 0 saturated heterocycles. The largest absolute Gasteiger partial charge is 0.368 e. The first-order valence-electron chi connectivity index (χ1n) is 5.81. The van der Waals surface area contributed by atoms with Gasteiger partial charge in [0.05, 0.1) is 6.33 Å². The minimum atomic E-state index is -0.183. The van der Waals surface area contributed by atoms with Crippen LogP contribution in [0.15, 0.2) is 11.1 Å². The van der Waals surface area contributed by atoms with Crippen molar-refractivity contribution in [3.8, 4) is 0 Å². The molecule has 1 amide bonds. The Morgan fingerprint density at radius 1 is 1.61 bits per heavy atom. The zero-order valence-electron chi connectivity index (χ0n) is 10.4. The number of aromatic nitrogens is 2. The van der Waals surface area contributed by atoms with E-state index in [1.165, 1.54) is 6.33 Å². The molecule has 0 aromatic carbocycles. The second-order valence-corrected chi connectivity index (χ2v) is 5.03. The summed E-state index contributed by atoms with van der Waals surface area (Å²) in [5.41, 5.74) is -0.183. The molecular weight excluding hydrogens is 347 g/mol. The molecule has 1 rings (SSSR count). The number of hydrogen-bond donors (Lipinski definition) is 3. The predicted molar refractivity (Wildman–Crippen MR) is 78.6 cm³/mol. The van der Waals surface area contributed by atoms with Gasteiger partial charge in [0.25, 0.3) is 5.56 Å². The highest BCUT2D eigenvalue weighted by molar-refractivity contribution is 14.1. The monoisotopic (exact) mass is 364 g/mol. The van der Waals surface area contributed by atoms with E-state index in [9.17, 15) is 9.59 Å². The van der Waals surface area contributed by atoms with Crippen molar-refractivity contribution in [2.24, 2.45) is 0 Å². The smallest absolute Gasteiger partial charge is 0.266 e. The Morgan fingerprint density at radius 2 is 2.33 bits per heavy atom. The third-order valence-corrected chi connectivity index (χ3v) is 3.46. The van der Waals surface area contributed by atoms with Gasteiger partial charge < -0.3 is 15.6 Å². The number of nitrogens with zero attached hydrogens (tertiary/aromatic N) is 1. The number of anilines is 1. The van der Waals surface area contributed by atoms with Crippen LogP contribution < -0.4 is 16.2 Å². The Bertz CT molecular complexity index is 461. The van der Waals surface area contributed by atoms with Gasteiger partial charge in [0.2, 0.25) is 5.91 Å². The van der Waals surface area contributed by atoms with E-state index >= 15 is 0 Å². The third kappa shape index (κ3) is 4.63. The summed E-state index contributed by atoms with van der Waals surface area (Å²) < 4.78 is 0.498. The molecule has 1 unspecified atom stereocenters. The van der Waals surface area contributed by atoms with Crippen molar-refractivity contribution in [2.75, 3.05) is 11.9 Å². The van der Waals surface area contributed by atoms with Crippen LogP contribution in [-0.2, 0) is 4.79 Å². The summed E-state index contributed by atoms with van der Waals surface area (Å²) in [5.74, 6) is 0.507. The van der Waals surface area contributed by atoms with Gasteiger partial charge in [0, 0.05) is 19.0 Å². The van der Waals surface area contributed by atoms with Gasteiger partial charge in [0.15, 0.2) is 0 Å². The minimum absolute atomic E-state index is 0.00306. The summed E-state index contributed by atoms with van der Waals surface area (Å²) >= 11 is 1.92. The first kappa shape index (κ1) is 14.9. The van der Waals surface area contributed by atoms with Crippen LogP contribution in [0.5, 0.6) is 0 Å². The van der Waals surface area contributed by atoms with Gasteiger partial charge in [-0.25, -0.2) is 4.98 Å². The van der Waals surface area contributed by atoms with Gasteiger partial charge in [-0.2, -0.15) is 0 Å². The Morgan fingerprint density at radius 3 is 3.00 bits per heavy atom. The molecule has 0 fully saturated rings. The second-order valence-electron chi connectivity index (χ2n) is 3.95. The maximum atomic E-state index is 11.5. The zero-order chi connectivity index (χ0) is 13.5. The number of halogens is 1. The van der Waals surface area contributed by atoms with Crippen LogP contribution in [0.25, 0.3) is 0 Å². The molecular formula is C11H17IN4O2. The Kier molecular flexibility index (Phi) is 6.10. The fourth-order valence-corrected chi connectivity index (χ4v) is 1.74. The van der Waals surface area contributed by atoms with Crippen molar-refractivity contribution in [3.63, 3.8) is 0 Å². The van der Waals surface area contributed by atoms with Crippen LogP contribution >= 0.6 is 22.6 Å². The number of rotatable bonds is 6. The van der Waals surface area contributed by atoms with Gasteiger partial charge in [-0.3, -0.25) is 9.59 Å². The molecule has 7 heteroatoms. The minimum Gasteiger partial charge on any atom is -0.368 e. The molecule has 0 aliphatic carbocycles. The van der Waals surface area contributed by atoms with E-state index in [4.69, 9.17) is 0 Å². The number of carbonyl (C=O) groups excluding carboxylic acids is 1. The average molecular weight is 364 g/mol. The molecule has 0 spiro atoms.